The van der Waals surface area contributed by atoms with Crippen molar-refractivity contribution in [3.63, 3.8) is 0 Å². The number of rotatable bonds is 6. The van der Waals surface area contributed by atoms with Gasteiger partial charge in [-0.05, 0) is 24.1 Å². The van der Waals surface area contributed by atoms with E-state index in [0.29, 0.717) is 12.2 Å². The van der Waals surface area contributed by atoms with Crippen molar-refractivity contribution in [3.05, 3.63) is 71.8 Å². The van der Waals surface area contributed by atoms with Crippen LogP contribution in [0, 0.1) is 0 Å². The number of hydrogen-bond acceptors (Lipinski definition) is 4. The van der Waals surface area contributed by atoms with Crippen LogP contribution in [0.3, 0.4) is 0 Å². The molecular formula is C20H18N4O2. The van der Waals surface area contributed by atoms with Gasteiger partial charge < -0.3 is 5.11 Å². The van der Waals surface area contributed by atoms with Gasteiger partial charge in [0.25, 0.3) is 0 Å². The number of carboxylic acids is 1. The molecule has 0 unspecified atom stereocenters. The second-order valence-corrected chi connectivity index (χ2v) is 6.19. The van der Waals surface area contributed by atoms with E-state index < -0.39 is 5.97 Å². The summed E-state index contributed by atoms with van der Waals surface area (Å²) in [6.07, 6.45) is 1.91. The van der Waals surface area contributed by atoms with E-state index in [1.54, 1.807) is 4.52 Å². The highest BCUT2D eigenvalue weighted by Crippen LogP contribution is 2.19. The summed E-state index contributed by atoms with van der Waals surface area (Å²) in [7, 11) is 0. The lowest BCUT2D eigenvalue weighted by atomic mass is 10.1. The number of aliphatic carboxylic acids is 1. The van der Waals surface area contributed by atoms with Crippen molar-refractivity contribution in [3.8, 4) is 0 Å². The molecule has 0 atom stereocenters. The molecule has 0 aliphatic heterocycles. The average molecular weight is 346 g/mol. The Labute approximate surface area is 150 Å². The number of fused-ring (bicyclic) bond motifs is 3. The molecule has 2 aromatic carbocycles. The molecule has 0 saturated heterocycles. The predicted octanol–water partition coefficient (Wildman–Crippen LogP) is 3.08. The van der Waals surface area contributed by atoms with Crippen LogP contribution in [0.5, 0.6) is 0 Å². The van der Waals surface area contributed by atoms with Crippen LogP contribution >= 0.6 is 0 Å². The molecule has 0 bridgehead atoms. The van der Waals surface area contributed by atoms with E-state index in [4.69, 9.17) is 10.1 Å². The Kier molecular flexibility index (Phi) is 4.31. The highest BCUT2D eigenvalue weighted by atomic mass is 16.4. The number of nitrogens with zero attached hydrogens (tertiary/aromatic N) is 4. The lowest BCUT2D eigenvalue weighted by Crippen LogP contribution is -2.07. The SMILES string of the molecule is O=C(O)CCc1nc2ccccc2c2nc(CCc3ccccc3)nn12. The number of carboxylic acid groups (broad SMARTS) is 1. The molecule has 6 heteroatoms. The fourth-order valence-electron chi connectivity index (χ4n) is 3.04. The maximum Gasteiger partial charge on any atom is 0.303 e. The molecule has 0 aliphatic rings. The van der Waals surface area contributed by atoms with Crippen molar-refractivity contribution in [2.24, 2.45) is 0 Å². The number of hydrogen-bond donors (Lipinski definition) is 1. The Morgan fingerprint density at radius 3 is 2.50 bits per heavy atom. The first kappa shape index (κ1) is 16.2. The highest BCUT2D eigenvalue weighted by Gasteiger charge is 2.14. The summed E-state index contributed by atoms with van der Waals surface area (Å²) in [5.41, 5.74) is 2.78. The van der Waals surface area contributed by atoms with Gasteiger partial charge in [-0.2, -0.15) is 4.52 Å². The van der Waals surface area contributed by atoms with Gasteiger partial charge in [-0.1, -0.05) is 42.5 Å². The van der Waals surface area contributed by atoms with Gasteiger partial charge >= 0.3 is 5.97 Å². The van der Waals surface area contributed by atoms with Crippen molar-refractivity contribution in [2.45, 2.75) is 25.7 Å². The lowest BCUT2D eigenvalue weighted by Gasteiger charge is -2.05. The second-order valence-electron chi connectivity index (χ2n) is 6.19. The van der Waals surface area contributed by atoms with Crippen LogP contribution in [0.15, 0.2) is 54.6 Å². The van der Waals surface area contributed by atoms with Gasteiger partial charge in [0.1, 0.15) is 5.82 Å². The summed E-state index contributed by atoms with van der Waals surface area (Å²) in [6.45, 7) is 0. The van der Waals surface area contributed by atoms with Gasteiger partial charge in [0.15, 0.2) is 11.5 Å². The Bertz CT molecular complexity index is 1070. The number of aromatic nitrogens is 4. The van der Waals surface area contributed by atoms with Gasteiger partial charge in [0, 0.05) is 18.2 Å². The van der Waals surface area contributed by atoms with E-state index in [2.05, 4.69) is 22.2 Å². The zero-order valence-electron chi connectivity index (χ0n) is 14.2. The molecule has 0 saturated carbocycles. The van der Waals surface area contributed by atoms with Gasteiger partial charge in [0.05, 0.1) is 11.9 Å². The van der Waals surface area contributed by atoms with Crippen molar-refractivity contribution in [2.75, 3.05) is 0 Å². The van der Waals surface area contributed by atoms with E-state index >= 15 is 0 Å². The third-order valence-electron chi connectivity index (χ3n) is 4.33. The second kappa shape index (κ2) is 6.92. The number of aryl methyl sites for hydroxylation is 3. The van der Waals surface area contributed by atoms with Crippen LogP contribution in [-0.4, -0.2) is 30.7 Å². The zero-order valence-corrected chi connectivity index (χ0v) is 14.2. The monoisotopic (exact) mass is 346 g/mol. The minimum absolute atomic E-state index is 0.0135. The molecule has 0 amide bonds. The maximum absolute atomic E-state index is 11.0. The van der Waals surface area contributed by atoms with E-state index in [0.717, 1.165) is 35.2 Å². The van der Waals surface area contributed by atoms with Crippen molar-refractivity contribution >= 4 is 22.5 Å². The topological polar surface area (TPSA) is 80.4 Å². The fraction of sp³-hybridized carbons (Fsp3) is 0.200. The van der Waals surface area contributed by atoms with Crippen LogP contribution in [-0.2, 0) is 24.1 Å². The number of carbonyl (C=O) groups is 1. The van der Waals surface area contributed by atoms with Crippen molar-refractivity contribution in [1.82, 2.24) is 19.6 Å². The molecule has 4 aromatic rings. The van der Waals surface area contributed by atoms with E-state index in [-0.39, 0.29) is 6.42 Å². The van der Waals surface area contributed by atoms with Crippen LogP contribution in [0.25, 0.3) is 16.6 Å². The van der Waals surface area contributed by atoms with Crippen LogP contribution in [0.4, 0.5) is 0 Å². The van der Waals surface area contributed by atoms with Crippen LogP contribution < -0.4 is 0 Å². The quantitative estimate of drug-likeness (QED) is 0.580. The molecule has 26 heavy (non-hydrogen) atoms. The molecule has 0 radical (unpaired) electrons. The molecule has 6 nitrogen and oxygen atoms in total. The Hall–Kier alpha value is -3.28. The average Bonchev–Trinajstić information content (AvgIpc) is 3.10. The molecule has 2 heterocycles. The molecule has 130 valence electrons. The van der Waals surface area contributed by atoms with Gasteiger partial charge in [0.2, 0.25) is 0 Å². The van der Waals surface area contributed by atoms with E-state index in [1.165, 1.54) is 5.56 Å². The normalized spacial score (nSPS) is 11.2. The first-order chi connectivity index (χ1) is 12.7. The van der Waals surface area contributed by atoms with Gasteiger partial charge in [-0.3, -0.25) is 4.79 Å². The smallest absolute Gasteiger partial charge is 0.303 e. The summed E-state index contributed by atoms with van der Waals surface area (Å²) in [5, 5.41) is 14.5. The molecular weight excluding hydrogens is 328 g/mol. The third kappa shape index (κ3) is 3.26. The van der Waals surface area contributed by atoms with E-state index in [9.17, 15) is 4.79 Å². The summed E-state index contributed by atoms with van der Waals surface area (Å²) >= 11 is 0. The summed E-state index contributed by atoms with van der Waals surface area (Å²) in [6, 6.07) is 18.0. The van der Waals surface area contributed by atoms with Crippen LogP contribution in [0.2, 0.25) is 0 Å². The summed E-state index contributed by atoms with van der Waals surface area (Å²) in [5.74, 6) is 0.515. The lowest BCUT2D eigenvalue weighted by molar-refractivity contribution is -0.137. The minimum atomic E-state index is -0.850. The molecule has 0 aliphatic carbocycles. The van der Waals surface area contributed by atoms with Crippen molar-refractivity contribution < 1.29 is 9.90 Å². The Morgan fingerprint density at radius 2 is 1.69 bits per heavy atom. The molecule has 1 N–H and O–H groups in total. The third-order valence-corrected chi connectivity index (χ3v) is 4.33. The number of para-hydroxylation sites is 1. The molecule has 2 aromatic heterocycles. The standard InChI is InChI=1S/C20H18N4O2/c25-19(26)13-12-18-21-16-9-5-4-8-15(16)20-22-17(23-24(18)20)11-10-14-6-2-1-3-7-14/h1-9H,10-13H2,(H,25,26). The van der Waals surface area contributed by atoms with Crippen molar-refractivity contribution in [1.29, 1.82) is 0 Å². The maximum atomic E-state index is 11.0. The van der Waals surface area contributed by atoms with Gasteiger partial charge in [-0.25, -0.2) is 9.97 Å². The largest absolute Gasteiger partial charge is 0.481 e. The first-order valence-corrected chi connectivity index (χ1v) is 8.60. The molecule has 0 fully saturated rings. The number of benzene rings is 2. The van der Waals surface area contributed by atoms with Gasteiger partial charge in [-0.15, -0.1) is 5.10 Å². The fourth-order valence-corrected chi connectivity index (χ4v) is 3.04. The highest BCUT2D eigenvalue weighted by molar-refractivity contribution is 5.91. The minimum Gasteiger partial charge on any atom is -0.481 e. The molecule has 0 spiro atoms. The molecule has 4 rings (SSSR count). The first-order valence-electron chi connectivity index (χ1n) is 8.60. The van der Waals surface area contributed by atoms with Crippen LogP contribution in [0.1, 0.15) is 23.6 Å². The van der Waals surface area contributed by atoms with E-state index in [1.807, 2.05) is 42.5 Å². The Balaban J connectivity index is 1.73. The zero-order chi connectivity index (χ0) is 17.9. The predicted molar refractivity (Wildman–Crippen MR) is 98.1 cm³/mol. The summed E-state index contributed by atoms with van der Waals surface area (Å²) < 4.78 is 1.70. The Morgan fingerprint density at radius 1 is 0.923 bits per heavy atom. The summed E-state index contributed by atoms with van der Waals surface area (Å²) in [4.78, 5) is 20.3.